The summed E-state index contributed by atoms with van der Waals surface area (Å²) in [6, 6.07) is 8.28. The molecule has 0 aliphatic carbocycles. The molecular formula is C15H18BrNO2S. The Hall–Kier alpha value is -1.04. The quantitative estimate of drug-likeness (QED) is 0.848. The van der Waals surface area contributed by atoms with E-state index < -0.39 is 0 Å². The Morgan fingerprint density at radius 1 is 1.20 bits per heavy atom. The molecule has 1 unspecified atom stereocenters. The van der Waals surface area contributed by atoms with Crippen LogP contribution in [0.25, 0.3) is 0 Å². The van der Waals surface area contributed by atoms with Crippen molar-refractivity contribution in [2.24, 2.45) is 0 Å². The van der Waals surface area contributed by atoms with Gasteiger partial charge in [0.05, 0.1) is 19.1 Å². The van der Waals surface area contributed by atoms with Gasteiger partial charge < -0.3 is 14.8 Å². The lowest BCUT2D eigenvalue weighted by molar-refractivity contribution is 0.398. The summed E-state index contributed by atoms with van der Waals surface area (Å²) in [6.45, 7) is 0. The van der Waals surface area contributed by atoms with E-state index in [1.165, 1.54) is 4.88 Å². The van der Waals surface area contributed by atoms with Gasteiger partial charge in [0.25, 0.3) is 0 Å². The highest BCUT2D eigenvalue weighted by molar-refractivity contribution is 9.10. The Morgan fingerprint density at radius 3 is 2.60 bits per heavy atom. The lowest BCUT2D eigenvalue weighted by Crippen LogP contribution is -2.18. The summed E-state index contributed by atoms with van der Waals surface area (Å²) in [5.41, 5.74) is 1.16. The van der Waals surface area contributed by atoms with E-state index in [0.29, 0.717) is 0 Å². The Balaban J connectivity index is 2.29. The number of likely N-dealkylation sites (N-methyl/N-ethyl adjacent to an activating group) is 1. The van der Waals surface area contributed by atoms with E-state index in [2.05, 4.69) is 32.7 Å². The fourth-order valence-corrected chi connectivity index (χ4v) is 3.56. The first-order chi connectivity index (χ1) is 9.69. The van der Waals surface area contributed by atoms with Crippen LogP contribution < -0.4 is 14.8 Å². The van der Waals surface area contributed by atoms with Crippen molar-refractivity contribution in [1.29, 1.82) is 0 Å². The highest BCUT2D eigenvalue weighted by atomic mass is 79.9. The van der Waals surface area contributed by atoms with Crippen LogP contribution in [0.15, 0.2) is 34.1 Å². The van der Waals surface area contributed by atoms with E-state index in [9.17, 15) is 0 Å². The number of halogens is 1. The molecule has 108 valence electrons. The number of ether oxygens (including phenoxy) is 2. The van der Waals surface area contributed by atoms with Gasteiger partial charge in [0.2, 0.25) is 0 Å². The molecule has 0 spiro atoms. The number of hydrogen-bond acceptors (Lipinski definition) is 4. The van der Waals surface area contributed by atoms with Crippen molar-refractivity contribution in [3.63, 3.8) is 0 Å². The van der Waals surface area contributed by atoms with Gasteiger partial charge in [-0.2, -0.15) is 0 Å². The minimum Gasteiger partial charge on any atom is -0.496 e. The predicted octanol–water partition coefficient (Wildman–Crippen LogP) is 4.03. The van der Waals surface area contributed by atoms with Gasteiger partial charge >= 0.3 is 0 Å². The van der Waals surface area contributed by atoms with Crippen LogP contribution in [0.5, 0.6) is 11.5 Å². The number of methoxy groups -OCH3 is 2. The molecule has 5 heteroatoms. The number of rotatable bonds is 6. The number of nitrogens with one attached hydrogen (secondary N) is 1. The molecule has 2 rings (SSSR count). The summed E-state index contributed by atoms with van der Waals surface area (Å²) in [5, 5.41) is 5.41. The highest BCUT2D eigenvalue weighted by Crippen LogP contribution is 2.34. The molecule has 0 bridgehead atoms. The molecule has 2 aromatic rings. The standard InChI is InChI=1S/C15H18BrNO2S/c1-17-12(15-14(19-3)6-7-20-15)9-10-8-11(16)4-5-13(10)18-2/h4-8,12,17H,9H2,1-3H3. The fourth-order valence-electron chi connectivity index (χ4n) is 2.18. The molecule has 0 saturated carbocycles. The summed E-state index contributed by atoms with van der Waals surface area (Å²) in [5.74, 6) is 1.84. The molecule has 0 saturated heterocycles. The second kappa shape index (κ2) is 7.11. The van der Waals surface area contributed by atoms with Crippen molar-refractivity contribution in [1.82, 2.24) is 5.32 Å². The maximum absolute atomic E-state index is 5.44. The molecule has 0 radical (unpaired) electrons. The molecule has 1 aromatic heterocycles. The molecule has 20 heavy (non-hydrogen) atoms. The molecule has 3 nitrogen and oxygen atoms in total. The van der Waals surface area contributed by atoms with Gasteiger partial charge in [-0.3, -0.25) is 0 Å². The topological polar surface area (TPSA) is 30.5 Å². The summed E-state index contributed by atoms with van der Waals surface area (Å²) < 4.78 is 11.9. The second-order valence-electron chi connectivity index (χ2n) is 4.35. The van der Waals surface area contributed by atoms with E-state index in [1.54, 1.807) is 25.6 Å². The molecular weight excluding hydrogens is 338 g/mol. The van der Waals surface area contributed by atoms with Gasteiger partial charge in [-0.15, -0.1) is 11.3 Å². The third-order valence-corrected chi connectivity index (χ3v) is 4.71. The maximum Gasteiger partial charge on any atom is 0.134 e. The first-order valence-electron chi connectivity index (χ1n) is 6.30. The Kier molecular flexibility index (Phi) is 5.46. The van der Waals surface area contributed by atoms with E-state index in [4.69, 9.17) is 9.47 Å². The van der Waals surface area contributed by atoms with Crippen molar-refractivity contribution in [3.05, 3.63) is 44.6 Å². The van der Waals surface area contributed by atoms with Crippen LogP contribution in [0.3, 0.4) is 0 Å². The lowest BCUT2D eigenvalue weighted by Gasteiger charge is -2.18. The molecule has 0 amide bonds. The van der Waals surface area contributed by atoms with Crippen LogP contribution in [-0.4, -0.2) is 21.3 Å². The van der Waals surface area contributed by atoms with Crippen LogP contribution >= 0.6 is 27.3 Å². The Bertz CT molecular complexity index is 571. The van der Waals surface area contributed by atoms with Gasteiger partial charge in [-0.05, 0) is 48.7 Å². The zero-order valence-electron chi connectivity index (χ0n) is 11.8. The van der Waals surface area contributed by atoms with E-state index in [-0.39, 0.29) is 6.04 Å². The van der Waals surface area contributed by atoms with Crippen molar-refractivity contribution in [3.8, 4) is 11.5 Å². The molecule has 0 aliphatic rings. The number of benzene rings is 1. The van der Waals surface area contributed by atoms with Gasteiger partial charge in [0, 0.05) is 10.5 Å². The number of hydrogen-bond donors (Lipinski definition) is 1. The van der Waals surface area contributed by atoms with Crippen molar-refractivity contribution < 1.29 is 9.47 Å². The van der Waals surface area contributed by atoms with Crippen LogP contribution in [0.4, 0.5) is 0 Å². The summed E-state index contributed by atoms with van der Waals surface area (Å²) in [7, 11) is 5.37. The summed E-state index contributed by atoms with van der Waals surface area (Å²) in [6.07, 6.45) is 0.843. The molecule has 0 aliphatic heterocycles. The van der Waals surface area contributed by atoms with Crippen LogP contribution in [0.2, 0.25) is 0 Å². The average molecular weight is 356 g/mol. The highest BCUT2D eigenvalue weighted by Gasteiger charge is 2.18. The maximum atomic E-state index is 5.44. The Labute approximate surface area is 132 Å². The molecule has 1 aromatic carbocycles. The zero-order chi connectivity index (χ0) is 14.5. The minimum absolute atomic E-state index is 0.202. The first kappa shape index (κ1) is 15.4. The van der Waals surface area contributed by atoms with E-state index >= 15 is 0 Å². The monoisotopic (exact) mass is 355 g/mol. The SMILES string of the molecule is CNC(Cc1cc(Br)ccc1OC)c1sccc1OC. The smallest absolute Gasteiger partial charge is 0.134 e. The van der Waals surface area contributed by atoms with Crippen LogP contribution in [0.1, 0.15) is 16.5 Å². The van der Waals surface area contributed by atoms with Gasteiger partial charge in [-0.1, -0.05) is 15.9 Å². The predicted molar refractivity (Wildman–Crippen MR) is 87.1 cm³/mol. The minimum atomic E-state index is 0.202. The second-order valence-corrected chi connectivity index (χ2v) is 6.22. The first-order valence-corrected chi connectivity index (χ1v) is 7.98. The van der Waals surface area contributed by atoms with Crippen molar-refractivity contribution >= 4 is 27.3 Å². The average Bonchev–Trinajstić information content (AvgIpc) is 2.93. The summed E-state index contributed by atoms with van der Waals surface area (Å²) in [4.78, 5) is 1.21. The van der Waals surface area contributed by atoms with Gasteiger partial charge in [-0.25, -0.2) is 0 Å². The summed E-state index contributed by atoms with van der Waals surface area (Å²) >= 11 is 5.22. The third-order valence-electron chi connectivity index (χ3n) is 3.21. The lowest BCUT2D eigenvalue weighted by atomic mass is 10.0. The fraction of sp³-hybridized carbons (Fsp3) is 0.333. The molecule has 1 atom stereocenters. The van der Waals surface area contributed by atoms with Crippen molar-refractivity contribution in [2.75, 3.05) is 21.3 Å². The van der Waals surface area contributed by atoms with E-state index in [1.807, 2.05) is 25.2 Å². The largest absolute Gasteiger partial charge is 0.496 e. The van der Waals surface area contributed by atoms with Gasteiger partial charge in [0.15, 0.2) is 0 Å². The zero-order valence-corrected chi connectivity index (χ0v) is 14.2. The Morgan fingerprint density at radius 2 is 1.95 bits per heavy atom. The normalized spacial score (nSPS) is 12.2. The van der Waals surface area contributed by atoms with E-state index in [0.717, 1.165) is 28.0 Å². The van der Waals surface area contributed by atoms with Gasteiger partial charge in [0.1, 0.15) is 11.5 Å². The molecule has 0 fully saturated rings. The third kappa shape index (κ3) is 3.34. The molecule has 1 heterocycles. The molecule has 1 N–H and O–H groups in total. The van der Waals surface area contributed by atoms with Crippen LogP contribution in [0, 0.1) is 0 Å². The van der Waals surface area contributed by atoms with Crippen molar-refractivity contribution in [2.45, 2.75) is 12.5 Å². The number of thiophene rings is 1. The van der Waals surface area contributed by atoms with Crippen LogP contribution in [-0.2, 0) is 6.42 Å².